The predicted molar refractivity (Wildman–Crippen MR) is 73.7 cm³/mol. The van der Waals surface area contributed by atoms with Gasteiger partial charge in [0.05, 0.1) is 11.2 Å². The van der Waals surface area contributed by atoms with Crippen LogP contribution in [-0.4, -0.2) is 16.2 Å². The highest BCUT2D eigenvalue weighted by Crippen LogP contribution is 2.31. The molecule has 2 aromatic rings. The molecule has 0 bridgehead atoms. The molecule has 0 aliphatic heterocycles. The van der Waals surface area contributed by atoms with Crippen molar-refractivity contribution in [1.29, 1.82) is 0 Å². The Morgan fingerprint density at radius 2 is 1.95 bits per heavy atom. The number of para-hydroxylation sites is 1. The van der Waals surface area contributed by atoms with E-state index in [1.54, 1.807) is 0 Å². The van der Waals surface area contributed by atoms with E-state index in [1.807, 2.05) is 23.9 Å². The molecule has 19 heavy (non-hydrogen) atoms. The molecule has 2 nitrogen and oxygen atoms in total. The summed E-state index contributed by atoms with van der Waals surface area (Å²) in [5, 5.41) is 5.42. The number of rotatable bonds is 3. The first-order valence-corrected chi connectivity index (χ1v) is 6.54. The Hall–Kier alpha value is -1.45. The summed E-state index contributed by atoms with van der Waals surface area (Å²) in [7, 11) is 1.88. The molecule has 4 heteroatoms. The summed E-state index contributed by atoms with van der Waals surface area (Å²) < 4.78 is 26.5. The van der Waals surface area contributed by atoms with Crippen LogP contribution in [0.3, 0.4) is 0 Å². The molecule has 0 saturated carbocycles. The van der Waals surface area contributed by atoms with E-state index in [2.05, 4.69) is 31.9 Å². The minimum atomic E-state index is -2.28. The zero-order chi connectivity index (χ0) is 14.2. The fraction of sp³-hybridized carbons (Fsp3) is 0.533. The van der Waals surface area contributed by atoms with Crippen molar-refractivity contribution in [3.8, 4) is 0 Å². The highest BCUT2D eigenvalue weighted by atomic mass is 19.3. The fourth-order valence-electron chi connectivity index (χ4n) is 2.45. The highest BCUT2D eigenvalue weighted by Gasteiger charge is 2.21. The van der Waals surface area contributed by atoms with E-state index >= 15 is 0 Å². The SMILES string of the molecule is Cn1nc(CCC(F)F)c2cccc(C(C)(C)C)c21. The molecular formula is C15H20F2N2. The van der Waals surface area contributed by atoms with Gasteiger partial charge in [0.15, 0.2) is 0 Å². The lowest BCUT2D eigenvalue weighted by atomic mass is 9.85. The minimum absolute atomic E-state index is 0.00723. The molecule has 0 atom stereocenters. The van der Waals surface area contributed by atoms with Crippen LogP contribution < -0.4 is 0 Å². The van der Waals surface area contributed by atoms with Gasteiger partial charge in [0.2, 0.25) is 6.43 Å². The summed E-state index contributed by atoms with van der Waals surface area (Å²) >= 11 is 0. The van der Waals surface area contributed by atoms with Crippen LogP contribution in [-0.2, 0) is 18.9 Å². The lowest BCUT2D eigenvalue weighted by Crippen LogP contribution is -2.12. The van der Waals surface area contributed by atoms with Gasteiger partial charge in [-0.1, -0.05) is 39.0 Å². The van der Waals surface area contributed by atoms with Gasteiger partial charge in [-0.05, 0) is 17.4 Å². The van der Waals surface area contributed by atoms with Crippen molar-refractivity contribution in [3.63, 3.8) is 0 Å². The van der Waals surface area contributed by atoms with E-state index in [0.29, 0.717) is 6.42 Å². The second-order valence-electron chi connectivity index (χ2n) is 5.95. The molecule has 2 rings (SSSR count). The van der Waals surface area contributed by atoms with Gasteiger partial charge >= 0.3 is 0 Å². The Balaban J connectivity index is 2.54. The first-order valence-electron chi connectivity index (χ1n) is 6.54. The first-order chi connectivity index (χ1) is 8.80. The second-order valence-corrected chi connectivity index (χ2v) is 5.95. The lowest BCUT2D eigenvalue weighted by Gasteiger charge is -2.20. The predicted octanol–water partition coefficient (Wildman–Crippen LogP) is 4.07. The van der Waals surface area contributed by atoms with Gasteiger partial charge in [-0.2, -0.15) is 5.10 Å². The number of aryl methyl sites for hydroxylation is 2. The molecule has 0 spiro atoms. The monoisotopic (exact) mass is 266 g/mol. The van der Waals surface area contributed by atoms with Gasteiger partial charge < -0.3 is 0 Å². The van der Waals surface area contributed by atoms with Crippen LogP contribution in [0.4, 0.5) is 8.78 Å². The molecule has 0 N–H and O–H groups in total. The topological polar surface area (TPSA) is 17.8 Å². The second kappa shape index (κ2) is 4.91. The maximum atomic E-state index is 12.4. The van der Waals surface area contributed by atoms with Crippen molar-refractivity contribution in [1.82, 2.24) is 9.78 Å². The molecule has 0 unspecified atom stereocenters. The van der Waals surface area contributed by atoms with Gasteiger partial charge in [-0.3, -0.25) is 4.68 Å². The van der Waals surface area contributed by atoms with E-state index in [1.165, 1.54) is 5.56 Å². The number of alkyl halides is 2. The molecule has 1 aromatic heterocycles. The minimum Gasteiger partial charge on any atom is -0.267 e. The Morgan fingerprint density at radius 1 is 1.26 bits per heavy atom. The van der Waals surface area contributed by atoms with Crippen LogP contribution in [0.5, 0.6) is 0 Å². The summed E-state index contributed by atoms with van der Waals surface area (Å²) in [6, 6.07) is 6.04. The van der Waals surface area contributed by atoms with Crippen LogP contribution in [0.2, 0.25) is 0 Å². The van der Waals surface area contributed by atoms with Crippen molar-refractivity contribution < 1.29 is 8.78 Å². The van der Waals surface area contributed by atoms with Crippen LogP contribution in [0.1, 0.15) is 38.4 Å². The molecular weight excluding hydrogens is 246 g/mol. The van der Waals surface area contributed by atoms with Gasteiger partial charge in [-0.15, -0.1) is 0 Å². The van der Waals surface area contributed by atoms with E-state index in [-0.39, 0.29) is 11.8 Å². The van der Waals surface area contributed by atoms with Gasteiger partial charge in [0, 0.05) is 18.9 Å². The molecule has 1 heterocycles. The third-order valence-corrected chi connectivity index (χ3v) is 3.35. The van der Waals surface area contributed by atoms with E-state index < -0.39 is 6.43 Å². The van der Waals surface area contributed by atoms with Crippen LogP contribution in [0, 0.1) is 0 Å². The normalized spacial score (nSPS) is 12.6. The molecule has 104 valence electrons. The summed E-state index contributed by atoms with van der Waals surface area (Å²) in [5.74, 6) is 0. The van der Waals surface area contributed by atoms with E-state index in [4.69, 9.17) is 0 Å². The fourth-order valence-corrected chi connectivity index (χ4v) is 2.45. The first kappa shape index (κ1) is 14.0. The van der Waals surface area contributed by atoms with Gasteiger partial charge in [0.25, 0.3) is 0 Å². The quantitative estimate of drug-likeness (QED) is 0.819. The van der Waals surface area contributed by atoms with Crippen molar-refractivity contribution in [3.05, 3.63) is 29.5 Å². The van der Waals surface area contributed by atoms with E-state index in [0.717, 1.165) is 16.6 Å². The zero-order valence-electron chi connectivity index (χ0n) is 11.9. The Kier molecular flexibility index (Phi) is 3.61. The Morgan fingerprint density at radius 3 is 2.53 bits per heavy atom. The number of fused-ring (bicyclic) bond motifs is 1. The van der Waals surface area contributed by atoms with Gasteiger partial charge in [0.1, 0.15) is 0 Å². The third-order valence-electron chi connectivity index (χ3n) is 3.35. The molecule has 1 aromatic carbocycles. The van der Waals surface area contributed by atoms with Gasteiger partial charge in [-0.25, -0.2) is 8.78 Å². The standard InChI is InChI=1S/C15H20F2N2/c1-15(2,3)11-7-5-6-10-12(8-9-13(16)17)18-19(4)14(10)11/h5-7,13H,8-9H2,1-4H3. The molecule has 0 radical (unpaired) electrons. The van der Waals surface area contributed by atoms with E-state index in [9.17, 15) is 8.78 Å². The summed E-state index contributed by atoms with van der Waals surface area (Å²) in [6.45, 7) is 6.44. The van der Waals surface area contributed by atoms with Crippen LogP contribution >= 0.6 is 0 Å². The van der Waals surface area contributed by atoms with Crippen molar-refractivity contribution >= 4 is 10.9 Å². The summed E-state index contributed by atoms with van der Waals surface area (Å²) in [5.41, 5.74) is 3.03. The van der Waals surface area contributed by atoms with Crippen LogP contribution in [0.25, 0.3) is 10.9 Å². The highest BCUT2D eigenvalue weighted by molar-refractivity contribution is 5.85. The number of halogens is 2. The van der Waals surface area contributed by atoms with Crippen molar-refractivity contribution in [2.75, 3.05) is 0 Å². The third kappa shape index (κ3) is 2.77. The number of hydrogen-bond donors (Lipinski definition) is 0. The lowest BCUT2D eigenvalue weighted by molar-refractivity contribution is 0.138. The molecule has 0 saturated heterocycles. The number of aromatic nitrogens is 2. The largest absolute Gasteiger partial charge is 0.267 e. The maximum Gasteiger partial charge on any atom is 0.239 e. The molecule has 0 fully saturated rings. The Labute approximate surface area is 112 Å². The maximum absolute atomic E-state index is 12.4. The number of benzene rings is 1. The molecule has 0 aliphatic rings. The molecule has 0 aliphatic carbocycles. The van der Waals surface area contributed by atoms with Crippen molar-refractivity contribution in [2.24, 2.45) is 7.05 Å². The average Bonchev–Trinajstić information content (AvgIpc) is 2.63. The zero-order valence-corrected chi connectivity index (χ0v) is 11.9. The summed E-state index contributed by atoms with van der Waals surface area (Å²) in [6.07, 6.45) is -2.09. The van der Waals surface area contributed by atoms with Crippen molar-refractivity contribution in [2.45, 2.75) is 45.5 Å². The Bertz CT molecular complexity index is 580. The number of nitrogens with zero attached hydrogens (tertiary/aromatic N) is 2. The van der Waals surface area contributed by atoms with Crippen LogP contribution in [0.15, 0.2) is 18.2 Å². The summed E-state index contributed by atoms with van der Waals surface area (Å²) in [4.78, 5) is 0. The number of hydrogen-bond acceptors (Lipinski definition) is 1. The smallest absolute Gasteiger partial charge is 0.239 e. The molecule has 0 amide bonds. The average molecular weight is 266 g/mol.